The second kappa shape index (κ2) is 5.86. The molecule has 3 N–H and O–H groups in total. The van der Waals surface area contributed by atoms with Gasteiger partial charge in [0.2, 0.25) is 0 Å². The molecule has 1 amide bonds. The van der Waals surface area contributed by atoms with Crippen LogP contribution in [0.2, 0.25) is 0 Å². The van der Waals surface area contributed by atoms with Crippen molar-refractivity contribution in [2.45, 2.75) is 19.9 Å². The molecule has 0 fully saturated rings. The lowest BCUT2D eigenvalue weighted by atomic mass is 10.3. The Morgan fingerprint density at radius 2 is 2.24 bits per heavy atom. The average Bonchev–Trinajstić information content (AvgIpc) is 2.14. The van der Waals surface area contributed by atoms with Gasteiger partial charge in [-0.25, -0.2) is 4.39 Å². The predicted octanol–water partition coefficient (Wildman–Crippen LogP) is 2.07. The number of carbonyl (C=O) groups excluding carboxylic acids is 1. The third kappa shape index (κ3) is 4.22. The number of halogens is 2. The van der Waals surface area contributed by atoms with Crippen LogP contribution in [0.1, 0.15) is 13.8 Å². The number of anilines is 1. The summed E-state index contributed by atoms with van der Waals surface area (Å²) in [4.78, 5) is 11.4. The van der Waals surface area contributed by atoms with E-state index in [9.17, 15) is 9.18 Å². The van der Waals surface area contributed by atoms with Crippen LogP contribution < -0.4 is 15.8 Å². The van der Waals surface area contributed by atoms with Gasteiger partial charge in [-0.1, -0.05) is 0 Å². The van der Waals surface area contributed by atoms with E-state index in [-0.39, 0.29) is 30.0 Å². The van der Waals surface area contributed by atoms with Crippen LogP contribution in [0.15, 0.2) is 16.6 Å². The molecule has 0 unspecified atom stereocenters. The minimum absolute atomic E-state index is 0.0418. The fraction of sp³-hybridized carbons (Fsp3) is 0.364. The summed E-state index contributed by atoms with van der Waals surface area (Å²) in [6, 6.07) is 2.41. The zero-order chi connectivity index (χ0) is 13.0. The molecule has 1 aromatic carbocycles. The van der Waals surface area contributed by atoms with E-state index >= 15 is 0 Å². The van der Waals surface area contributed by atoms with Crippen LogP contribution in [0.25, 0.3) is 0 Å². The molecule has 0 radical (unpaired) electrons. The van der Waals surface area contributed by atoms with Crippen LogP contribution in [0.4, 0.5) is 10.1 Å². The molecule has 94 valence electrons. The number of amides is 1. The molecule has 0 aliphatic carbocycles. The first-order valence-corrected chi connectivity index (χ1v) is 5.86. The number of carbonyl (C=O) groups is 1. The van der Waals surface area contributed by atoms with Crippen molar-refractivity contribution in [3.63, 3.8) is 0 Å². The monoisotopic (exact) mass is 304 g/mol. The Hall–Kier alpha value is -1.30. The normalized spacial score (nSPS) is 10.4. The van der Waals surface area contributed by atoms with E-state index in [2.05, 4.69) is 21.2 Å². The zero-order valence-electron chi connectivity index (χ0n) is 9.59. The van der Waals surface area contributed by atoms with Crippen molar-refractivity contribution < 1.29 is 13.9 Å². The maximum atomic E-state index is 12.9. The van der Waals surface area contributed by atoms with Crippen LogP contribution >= 0.6 is 15.9 Å². The van der Waals surface area contributed by atoms with E-state index in [0.717, 1.165) is 6.07 Å². The van der Waals surface area contributed by atoms with Crippen molar-refractivity contribution in [3.8, 4) is 5.75 Å². The summed E-state index contributed by atoms with van der Waals surface area (Å²) in [5.74, 6) is -0.450. The van der Waals surface area contributed by atoms with Gasteiger partial charge in [-0.3, -0.25) is 4.79 Å². The summed E-state index contributed by atoms with van der Waals surface area (Å²) in [6.45, 7) is 3.53. The molecule has 0 atom stereocenters. The standard InChI is InChI=1S/C11H14BrFN2O2/c1-6(2)15-10(16)5-17-11-8(12)3-7(13)4-9(11)14/h3-4,6H,5,14H2,1-2H3,(H,15,16). The second-order valence-corrected chi connectivity index (χ2v) is 4.67. The third-order valence-electron chi connectivity index (χ3n) is 1.83. The first-order chi connectivity index (χ1) is 7.90. The summed E-state index contributed by atoms with van der Waals surface area (Å²) in [6.07, 6.45) is 0. The van der Waals surface area contributed by atoms with Crippen molar-refractivity contribution in [1.29, 1.82) is 0 Å². The molecule has 0 saturated carbocycles. The molecule has 0 heterocycles. The molecule has 4 nitrogen and oxygen atoms in total. The Morgan fingerprint density at radius 1 is 1.59 bits per heavy atom. The highest BCUT2D eigenvalue weighted by Gasteiger charge is 2.11. The molecule has 1 rings (SSSR count). The molecule has 0 bridgehead atoms. The Morgan fingerprint density at radius 3 is 2.76 bits per heavy atom. The molecular weight excluding hydrogens is 291 g/mol. The maximum absolute atomic E-state index is 12.9. The van der Waals surface area contributed by atoms with Gasteiger partial charge in [-0.2, -0.15) is 0 Å². The van der Waals surface area contributed by atoms with Crippen molar-refractivity contribution in [2.24, 2.45) is 0 Å². The Bertz CT molecular complexity index is 401. The van der Waals surface area contributed by atoms with Gasteiger partial charge in [0.25, 0.3) is 5.91 Å². The topological polar surface area (TPSA) is 64.3 Å². The van der Waals surface area contributed by atoms with Gasteiger partial charge in [-0.15, -0.1) is 0 Å². The quantitative estimate of drug-likeness (QED) is 0.837. The lowest BCUT2D eigenvalue weighted by Gasteiger charge is -2.12. The van der Waals surface area contributed by atoms with Gasteiger partial charge >= 0.3 is 0 Å². The Balaban J connectivity index is 2.67. The molecule has 0 aliphatic rings. The first kappa shape index (κ1) is 13.8. The first-order valence-electron chi connectivity index (χ1n) is 5.07. The van der Waals surface area contributed by atoms with Gasteiger partial charge < -0.3 is 15.8 Å². The number of nitrogen functional groups attached to an aromatic ring is 1. The molecule has 0 saturated heterocycles. The number of nitrogens with one attached hydrogen (secondary N) is 1. The van der Waals surface area contributed by atoms with Gasteiger partial charge in [0.05, 0.1) is 10.2 Å². The summed E-state index contributed by atoms with van der Waals surface area (Å²) in [5.41, 5.74) is 5.73. The van der Waals surface area contributed by atoms with Crippen LogP contribution in [0.5, 0.6) is 5.75 Å². The smallest absolute Gasteiger partial charge is 0.258 e. The number of hydrogen-bond donors (Lipinski definition) is 2. The number of ether oxygens (including phenoxy) is 1. The molecule has 0 aliphatic heterocycles. The SMILES string of the molecule is CC(C)NC(=O)COc1c(N)cc(F)cc1Br. The summed E-state index contributed by atoms with van der Waals surface area (Å²) in [5, 5.41) is 2.67. The van der Waals surface area contributed by atoms with E-state index in [1.807, 2.05) is 13.8 Å². The van der Waals surface area contributed by atoms with Gasteiger partial charge in [0.15, 0.2) is 12.4 Å². The number of hydrogen-bond acceptors (Lipinski definition) is 3. The highest BCUT2D eigenvalue weighted by atomic mass is 79.9. The molecular formula is C11H14BrFN2O2. The van der Waals surface area contributed by atoms with Gasteiger partial charge in [0, 0.05) is 12.1 Å². The van der Waals surface area contributed by atoms with Crippen molar-refractivity contribution >= 4 is 27.5 Å². The van der Waals surface area contributed by atoms with E-state index in [0.29, 0.717) is 4.47 Å². The molecule has 17 heavy (non-hydrogen) atoms. The van der Waals surface area contributed by atoms with Crippen LogP contribution in [0.3, 0.4) is 0 Å². The van der Waals surface area contributed by atoms with Crippen LogP contribution in [-0.2, 0) is 4.79 Å². The molecule has 0 spiro atoms. The summed E-state index contributed by atoms with van der Waals surface area (Å²) in [7, 11) is 0. The average molecular weight is 305 g/mol. The molecule has 0 aromatic heterocycles. The van der Waals surface area contributed by atoms with E-state index < -0.39 is 5.82 Å². The number of benzene rings is 1. The van der Waals surface area contributed by atoms with Crippen molar-refractivity contribution in [1.82, 2.24) is 5.32 Å². The number of rotatable bonds is 4. The number of nitrogens with two attached hydrogens (primary N) is 1. The fourth-order valence-electron chi connectivity index (χ4n) is 1.23. The fourth-order valence-corrected chi connectivity index (χ4v) is 1.80. The van der Waals surface area contributed by atoms with E-state index in [4.69, 9.17) is 10.5 Å². The van der Waals surface area contributed by atoms with Gasteiger partial charge in [0.1, 0.15) is 5.82 Å². The van der Waals surface area contributed by atoms with Gasteiger partial charge in [-0.05, 0) is 35.8 Å². The maximum Gasteiger partial charge on any atom is 0.258 e. The third-order valence-corrected chi connectivity index (χ3v) is 2.42. The second-order valence-electron chi connectivity index (χ2n) is 3.82. The van der Waals surface area contributed by atoms with Crippen LogP contribution in [0, 0.1) is 5.82 Å². The highest BCUT2D eigenvalue weighted by Crippen LogP contribution is 2.32. The predicted molar refractivity (Wildman–Crippen MR) is 67.3 cm³/mol. The summed E-state index contributed by atoms with van der Waals surface area (Å²) >= 11 is 3.12. The zero-order valence-corrected chi connectivity index (χ0v) is 11.2. The minimum atomic E-state index is -0.464. The van der Waals surface area contributed by atoms with E-state index in [1.165, 1.54) is 6.07 Å². The molecule has 1 aromatic rings. The Labute approximate surface area is 107 Å². The van der Waals surface area contributed by atoms with Crippen molar-refractivity contribution in [3.05, 3.63) is 22.4 Å². The van der Waals surface area contributed by atoms with E-state index in [1.54, 1.807) is 0 Å². The van der Waals surface area contributed by atoms with Crippen LogP contribution in [-0.4, -0.2) is 18.6 Å². The van der Waals surface area contributed by atoms with Crippen molar-refractivity contribution in [2.75, 3.05) is 12.3 Å². The highest BCUT2D eigenvalue weighted by molar-refractivity contribution is 9.10. The Kier molecular flexibility index (Phi) is 4.74. The largest absolute Gasteiger partial charge is 0.480 e. The lowest BCUT2D eigenvalue weighted by molar-refractivity contribution is -0.123. The summed E-state index contributed by atoms with van der Waals surface area (Å²) < 4.78 is 18.6. The lowest BCUT2D eigenvalue weighted by Crippen LogP contribution is -2.34. The molecule has 6 heteroatoms. The minimum Gasteiger partial charge on any atom is -0.480 e.